The van der Waals surface area contributed by atoms with E-state index in [1.54, 1.807) is 36.4 Å². The fraction of sp³-hybridized carbons (Fsp3) is 0.161. The highest BCUT2D eigenvalue weighted by atomic mass is 35.5. The molecule has 0 fully saturated rings. The van der Waals surface area contributed by atoms with Gasteiger partial charge in [-0.2, -0.15) is 0 Å². The van der Waals surface area contributed by atoms with Gasteiger partial charge in [0.25, 0.3) is 5.91 Å². The summed E-state index contributed by atoms with van der Waals surface area (Å²) in [5.74, 6) is -0.976. The van der Waals surface area contributed by atoms with Gasteiger partial charge in [-0.1, -0.05) is 66.2 Å². The minimum Gasteiger partial charge on any atom is -0.378 e. The zero-order chi connectivity index (χ0) is 27.1. The molecule has 4 rings (SSSR count). The highest BCUT2D eigenvalue weighted by molar-refractivity contribution is 6.30. The van der Waals surface area contributed by atoms with Crippen LogP contribution in [0.2, 0.25) is 5.02 Å². The fourth-order valence-corrected chi connectivity index (χ4v) is 4.28. The van der Waals surface area contributed by atoms with E-state index >= 15 is 0 Å². The molecule has 194 valence electrons. The molecule has 0 radical (unpaired) electrons. The Kier molecular flexibility index (Phi) is 8.77. The van der Waals surface area contributed by atoms with E-state index < -0.39 is 6.04 Å². The van der Waals surface area contributed by atoms with Crippen LogP contribution in [0.15, 0.2) is 103 Å². The Morgan fingerprint density at radius 1 is 0.816 bits per heavy atom. The summed E-state index contributed by atoms with van der Waals surface area (Å²) in [5.41, 5.74) is 3.75. The van der Waals surface area contributed by atoms with Gasteiger partial charge in [0, 0.05) is 37.0 Å². The molecule has 0 heterocycles. The van der Waals surface area contributed by atoms with E-state index in [4.69, 9.17) is 11.6 Å². The quantitative estimate of drug-likeness (QED) is 0.269. The van der Waals surface area contributed by atoms with Crippen LogP contribution >= 0.6 is 11.6 Å². The Labute approximate surface area is 227 Å². The van der Waals surface area contributed by atoms with Crippen LogP contribution in [0.4, 0.5) is 15.8 Å². The van der Waals surface area contributed by atoms with Crippen LogP contribution in [0.5, 0.6) is 0 Å². The zero-order valence-corrected chi connectivity index (χ0v) is 22.0. The van der Waals surface area contributed by atoms with Crippen LogP contribution in [-0.2, 0) is 22.6 Å². The van der Waals surface area contributed by atoms with Gasteiger partial charge in [-0.25, -0.2) is 4.39 Å². The molecule has 0 aromatic heterocycles. The third-order valence-electron chi connectivity index (χ3n) is 6.18. The first-order valence-electron chi connectivity index (χ1n) is 12.2. The first-order valence-corrected chi connectivity index (χ1v) is 12.6. The molecule has 0 spiro atoms. The summed E-state index contributed by atoms with van der Waals surface area (Å²) in [6.45, 7) is 0.117. The van der Waals surface area contributed by atoms with Crippen molar-refractivity contribution in [3.63, 3.8) is 0 Å². The molecular weight excluding hydrogens is 501 g/mol. The Hall–Kier alpha value is -4.16. The third-order valence-corrected chi connectivity index (χ3v) is 6.43. The van der Waals surface area contributed by atoms with Crippen molar-refractivity contribution in [2.45, 2.75) is 19.0 Å². The van der Waals surface area contributed by atoms with Crippen molar-refractivity contribution in [2.75, 3.05) is 24.3 Å². The summed E-state index contributed by atoms with van der Waals surface area (Å²) in [6, 6.07) is 28.7. The number of benzene rings is 4. The lowest BCUT2D eigenvalue weighted by Gasteiger charge is -2.32. The van der Waals surface area contributed by atoms with E-state index in [-0.39, 0.29) is 30.6 Å². The molecule has 0 saturated heterocycles. The Morgan fingerprint density at radius 3 is 2.05 bits per heavy atom. The molecule has 38 heavy (non-hydrogen) atoms. The number of hydrogen-bond donors (Lipinski definition) is 1. The van der Waals surface area contributed by atoms with Crippen molar-refractivity contribution < 1.29 is 14.0 Å². The normalized spacial score (nSPS) is 11.5. The van der Waals surface area contributed by atoms with Gasteiger partial charge in [0.15, 0.2) is 0 Å². The Morgan fingerprint density at radius 2 is 1.45 bits per heavy atom. The van der Waals surface area contributed by atoms with Gasteiger partial charge in [0.1, 0.15) is 11.9 Å². The molecule has 4 aromatic rings. The van der Waals surface area contributed by atoms with Gasteiger partial charge in [-0.3, -0.25) is 9.59 Å². The molecule has 0 aliphatic rings. The third kappa shape index (κ3) is 6.99. The van der Waals surface area contributed by atoms with E-state index in [0.717, 1.165) is 11.3 Å². The number of amides is 2. The molecule has 4 aromatic carbocycles. The molecule has 1 N–H and O–H groups in total. The summed E-state index contributed by atoms with van der Waals surface area (Å²) in [6.07, 6.45) is 0.108. The van der Waals surface area contributed by atoms with E-state index in [1.807, 2.05) is 73.6 Å². The van der Waals surface area contributed by atoms with Gasteiger partial charge in [-0.15, -0.1) is 0 Å². The Bertz CT molecular complexity index is 1360. The predicted octanol–water partition coefficient (Wildman–Crippen LogP) is 6.50. The minimum absolute atomic E-state index is 0.108. The number of nitrogens with one attached hydrogen (secondary N) is 1. The standard InChI is InChI=1S/C31H29ClFN3O2/c1-35(2)28-18-16-27(17-19-28)34-31(38)30(24-10-12-25(32)13-11-24)36(21-23-8-14-26(33)15-9-23)29(37)20-22-6-4-3-5-7-22/h3-19,30H,20-21H2,1-2H3,(H,34,38). The number of hydrogen-bond acceptors (Lipinski definition) is 3. The number of nitrogens with zero attached hydrogens (tertiary/aromatic N) is 2. The average Bonchev–Trinajstić information content (AvgIpc) is 2.91. The van der Waals surface area contributed by atoms with Crippen molar-refractivity contribution in [1.82, 2.24) is 4.90 Å². The topological polar surface area (TPSA) is 52.7 Å². The molecule has 1 unspecified atom stereocenters. The highest BCUT2D eigenvalue weighted by Crippen LogP contribution is 2.28. The van der Waals surface area contributed by atoms with E-state index in [9.17, 15) is 14.0 Å². The first-order chi connectivity index (χ1) is 18.3. The van der Waals surface area contributed by atoms with Gasteiger partial charge in [-0.05, 0) is 65.2 Å². The number of carbonyl (C=O) groups excluding carboxylic acids is 2. The molecule has 0 saturated carbocycles. The van der Waals surface area contributed by atoms with E-state index in [0.29, 0.717) is 21.8 Å². The molecule has 1 atom stereocenters. The van der Waals surface area contributed by atoms with Crippen LogP contribution in [0.3, 0.4) is 0 Å². The number of halogens is 2. The smallest absolute Gasteiger partial charge is 0.251 e. The molecular formula is C31H29ClFN3O2. The lowest BCUT2D eigenvalue weighted by Crippen LogP contribution is -2.41. The van der Waals surface area contributed by atoms with Gasteiger partial charge >= 0.3 is 0 Å². The number of carbonyl (C=O) groups is 2. The maximum Gasteiger partial charge on any atom is 0.251 e. The number of anilines is 2. The first kappa shape index (κ1) is 26.9. The van der Waals surface area contributed by atoms with E-state index in [2.05, 4.69) is 5.32 Å². The lowest BCUT2D eigenvalue weighted by atomic mass is 10.0. The van der Waals surface area contributed by atoms with Crippen LogP contribution in [0.1, 0.15) is 22.7 Å². The SMILES string of the molecule is CN(C)c1ccc(NC(=O)C(c2ccc(Cl)cc2)N(Cc2ccc(F)cc2)C(=O)Cc2ccccc2)cc1. The van der Waals surface area contributed by atoms with Crippen molar-refractivity contribution in [3.8, 4) is 0 Å². The van der Waals surface area contributed by atoms with Gasteiger partial charge in [0.05, 0.1) is 6.42 Å². The van der Waals surface area contributed by atoms with Crippen molar-refractivity contribution in [1.29, 1.82) is 0 Å². The van der Waals surface area contributed by atoms with Crippen molar-refractivity contribution >= 4 is 34.8 Å². The van der Waals surface area contributed by atoms with Crippen LogP contribution < -0.4 is 10.2 Å². The number of rotatable bonds is 9. The van der Waals surface area contributed by atoms with Crippen LogP contribution in [-0.4, -0.2) is 30.8 Å². The van der Waals surface area contributed by atoms with Gasteiger partial charge in [0.2, 0.25) is 5.91 Å². The maximum atomic E-state index is 13.9. The molecule has 2 amide bonds. The average molecular weight is 530 g/mol. The molecule has 0 bridgehead atoms. The van der Waals surface area contributed by atoms with Crippen molar-refractivity contribution in [3.05, 3.63) is 131 Å². The molecule has 7 heteroatoms. The predicted molar refractivity (Wildman–Crippen MR) is 151 cm³/mol. The molecule has 5 nitrogen and oxygen atoms in total. The second-order valence-electron chi connectivity index (χ2n) is 9.20. The Balaban J connectivity index is 1.71. The highest BCUT2D eigenvalue weighted by Gasteiger charge is 2.32. The summed E-state index contributed by atoms with van der Waals surface area (Å²) in [4.78, 5) is 31.1. The summed E-state index contributed by atoms with van der Waals surface area (Å²) >= 11 is 6.14. The largest absolute Gasteiger partial charge is 0.378 e. The lowest BCUT2D eigenvalue weighted by molar-refractivity contribution is -0.139. The minimum atomic E-state index is -0.956. The monoisotopic (exact) mass is 529 g/mol. The molecule has 0 aliphatic heterocycles. The summed E-state index contributed by atoms with van der Waals surface area (Å²) in [5, 5.41) is 3.49. The maximum absolute atomic E-state index is 13.9. The van der Waals surface area contributed by atoms with Gasteiger partial charge < -0.3 is 15.1 Å². The summed E-state index contributed by atoms with van der Waals surface area (Å²) in [7, 11) is 3.88. The van der Waals surface area contributed by atoms with Crippen LogP contribution in [0.25, 0.3) is 0 Å². The molecule has 0 aliphatic carbocycles. The zero-order valence-electron chi connectivity index (χ0n) is 21.3. The van der Waals surface area contributed by atoms with Crippen LogP contribution in [0, 0.1) is 5.82 Å². The summed E-state index contributed by atoms with van der Waals surface area (Å²) < 4.78 is 13.6. The van der Waals surface area contributed by atoms with Crippen molar-refractivity contribution in [2.24, 2.45) is 0 Å². The second-order valence-corrected chi connectivity index (χ2v) is 9.63. The van der Waals surface area contributed by atoms with E-state index in [1.165, 1.54) is 17.0 Å². The second kappa shape index (κ2) is 12.4. The fourth-order valence-electron chi connectivity index (χ4n) is 4.15.